The molecule has 2 aromatic carbocycles. The van der Waals surface area contributed by atoms with E-state index in [1.165, 1.54) is 5.56 Å². The molecule has 0 aliphatic rings. The molecular formula is C16H16BrCl2NO. The van der Waals surface area contributed by atoms with Gasteiger partial charge in [-0.1, -0.05) is 49.2 Å². The van der Waals surface area contributed by atoms with Gasteiger partial charge in [-0.15, -0.1) is 0 Å². The molecule has 112 valence electrons. The summed E-state index contributed by atoms with van der Waals surface area (Å²) in [6.45, 7) is 5.08. The minimum Gasteiger partial charge on any atom is -0.456 e. The van der Waals surface area contributed by atoms with E-state index in [1.807, 2.05) is 24.3 Å². The smallest absolute Gasteiger partial charge is 0.147 e. The molecule has 0 radical (unpaired) electrons. The van der Waals surface area contributed by atoms with Gasteiger partial charge in [0.25, 0.3) is 0 Å². The molecule has 0 saturated heterocycles. The molecule has 1 N–H and O–H groups in total. The van der Waals surface area contributed by atoms with Crippen molar-refractivity contribution in [1.82, 2.24) is 5.32 Å². The third-order valence-corrected chi connectivity index (χ3v) is 4.33. The van der Waals surface area contributed by atoms with Crippen molar-refractivity contribution in [2.45, 2.75) is 26.4 Å². The van der Waals surface area contributed by atoms with Crippen LogP contribution in [0, 0.1) is 0 Å². The molecule has 0 aromatic heterocycles. The van der Waals surface area contributed by atoms with Crippen molar-refractivity contribution in [3.8, 4) is 11.5 Å². The Morgan fingerprint density at radius 1 is 1.10 bits per heavy atom. The van der Waals surface area contributed by atoms with E-state index in [4.69, 9.17) is 27.9 Å². The van der Waals surface area contributed by atoms with Crippen LogP contribution in [0.2, 0.25) is 10.0 Å². The zero-order chi connectivity index (χ0) is 15.4. The molecule has 0 spiro atoms. The Balaban J connectivity index is 2.08. The molecule has 0 fully saturated rings. The summed E-state index contributed by atoms with van der Waals surface area (Å²) in [6.07, 6.45) is 0. The Hall–Kier alpha value is -0.740. The lowest BCUT2D eigenvalue weighted by Crippen LogP contribution is -2.21. The maximum atomic E-state index is 6.14. The summed E-state index contributed by atoms with van der Waals surface area (Å²) in [5.74, 6) is 1.27. The van der Waals surface area contributed by atoms with Crippen LogP contribution in [0.1, 0.15) is 19.4 Å². The average Bonchev–Trinajstić information content (AvgIpc) is 2.44. The predicted octanol–water partition coefficient (Wildman–Crippen LogP) is 6.05. The molecule has 0 saturated carbocycles. The number of nitrogens with one attached hydrogen (secondary N) is 1. The highest BCUT2D eigenvalue weighted by molar-refractivity contribution is 9.10. The first kappa shape index (κ1) is 16.6. The van der Waals surface area contributed by atoms with Gasteiger partial charge >= 0.3 is 0 Å². The highest BCUT2D eigenvalue weighted by Crippen LogP contribution is 2.36. The molecule has 0 atom stereocenters. The highest BCUT2D eigenvalue weighted by Gasteiger charge is 2.08. The van der Waals surface area contributed by atoms with Crippen molar-refractivity contribution < 1.29 is 4.74 Å². The summed E-state index contributed by atoms with van der Waals surface area (Å²) in [4.78, 5) is 0. The van der Waals surface area contributed by atoms with Crippen molar-refractivity contribution in [2.75, 3.05) is 0 Å². The van der Waals surface area contributed by atoms with Crippen LogP contribution in [-0.2, 0) is 6.54 Å². The first-order valence-electron chi connectivity index (χ1n) is 6.60. The molecule has 0 heterocycles. The van der Waals surface area contributed by atoms with Crippen LogP contribution in [0.3, 0.4) is 0 Å². The van der Waals surface area contributed by atoms with Gasteiger partial charge in [-0.2, -0.15) is 0 Å². The van der Waals surface area contributed by atoms with Gasteiger partial charge in [-0.05, 0) is 39.7 Å². The summed E-state index contributed by atoms with van der Waals surface area (Å²) in [6, 6.07) is 11.8. The van der Waals surface area contributed by atoms with Crippen molar-refractivity contribution in [2.24, 2.45) is 0 Å². The second kappa shape index (κ2) is 7.50. The van der Waals surface area contributed by atoms with Gasteiger partial charge in [0.15, 0.2) is 0 Å². The first-order chi connectivity index (χ1) is 9.95. The maximum absolute atomic E-state index is 6.14. The number of hydrogen-bond acceptors (Lipinski definition) is 2. The average molecular weight is 389 g/mol. The third kappa shape index (κ3) is 4.89. The van der Waals surface area contributed by atoms with Crippen LogP contribution in [0.25, 0.3) is 0 Å². The van der Waals surface area contributed by atoms with Gasteiger partial charge in [0, 0.05) is 23.1 Å². The van der Waals surface area contributed by atoms with E-state index >= 15 is 0 Å². The third-order valence-electron chi connectivity index (χ3n) is 2.84. The number of benzene rings is 2. The summed E-state index contributed by atoms with van der Waals surface area (Å²) in [7, 11) is 0. The monoisotopic (exact) mass is 387 g/mol. The van der Waals surface area contributed by atoms with Crippen molar-refractivity contribution in [1.29, 1.82) is 0 Å². The van der Waals surface area contributed by atoms with Crippen molar-refractivity contribution in [3.63, 3.8) is 0 Å². The Morgan fingerprint density at radius 2 is 1.76 bits per heavy atom. The second-order valence-electron chi connectivity index (χ2n) is 4.98. The molecule has 0 bridgehead atoms. The molecule has 2 nitrogen and oxygen atoms in total. The normalized spacial score (nSPS) is 11.0. The van der Waals surface area contributed by atoms with Crippen LogP contribution in [0.5, 0.6) is 11.5 Å². The summed E-state index contributed by atoms with van der Waals surface area (Å²) >= 11 is 15.5. The number of hydrogen-bond donors (Lipinski definition) is 1. The molecule has 0 amide bonds. The molecule has 21 heavy (non-hydrogen) atoms. The Morgan fingerprint density at radius 3 is 2.38 bits per heavy atom. The van der Waals surface area contributed by atoms with Gasteiger partial charge in [0.1, 0.15) is 11.5 Å². The van der Waals surface area contributed by atoms with E-state index in [1.54, 1.807) is 12.1 Å². The fourth-order valence-electron chi connectivity index (χ4n) is 1.71. The molecule has 0 aliphatic carbocycles. The standard InChI is InChI=1S/C16H16BrCl2NO/c1-10(2)20-9-11-3-5-12(6-4-11)21-16-8-14(18)13(17)7-15(16)19/h3-8,10,20H,9H2,1-2H3. The zero-order valence-electron chi connectivity index (χ0n) is 11.8. The fraction of sp³-hybridized carbons (Fsp3) is 0.250. The van der Waals surface area contributed by atoms with E-state index in [2.05, 4.69) is 35.1 Å². The van der Waals surface area contributed by atoms with E-state index < -0.39 is 0 Å². The molecule has 0 unspecified atom stereocenters. The minimum absolute atomic E-state index is 0.463. The summed E-state index contributed by atoms with van der Waals surface area (Å²) in [5.41, 5.74) is 1.20. The van der Waals surface area contributed by atoms with Gasteiger partial charge in [-0.3, -0.25) is 0 Å². The van der Waals surface area contributed by atoms with Gasteiger partial charge < -0.3 is 10.1 Å². The van der Waals surface area contributed by atoms with Crippen molar-refractivity contribution in [3.05, 3.63) is 56.5 Å². The Kier molecular flexibility index (Phi) is 5.94. The number of halogens is 3. The topological polar surface area (TPSA) is 21.3 Å². The van der Waals surface area contributed by atoms with Crippen LogP contribution in [0.4, 0.5) is 0 Å². The Bertz CT molecular complexity index is 614. The molecule has 0 aliphatic heterocycles. The fourth-order valence-corrected chi connectivity index (χ4v) is 2.54. The maximum Gasteiger partial charge on any atom is 0.147 e. The van der Waals surface area contributed by atoms with E-state index in [0.29, 0.717) is 21.8 Å². The minimum atomic E-state index is 0.463. The second-order valence-corrected chi connectivity index (χ2v) is 6.65. The lowest BCUT2D eigenvalue weighted by atomic mass is 10.2. The lowest BCUT2D eigenvalue weighted by Gasteiger charge is -2.11. The van der Waals surface area contributed by atoms with Gasteiger partial charge in [0.05, 0.1) is 10.0 Å². The van der Waals surface area contributed by atoms with Crippen LogP contribution in [0.15, 0.2) is 40.9 Å². The van der Waals surface area contributed by atoms with Gasteiger partial charge in [0.2, 0.25) is 0 Å². The molecule has 5 heteroatoms. The first-order valence-corrected chi connectivity index (χ1v) is 8.15. The number of rotatable bonds is 5. The van der Waals surface area contributed by atoms with Crippen LogP contribution in [-0.4, -0.2) is 6.04 Å². The summed E-state index contributed by atoms with van der Waals surface area (Å²) in [5, 5.41) is 4.44. The number of ether oxygens (including phenoxy) is 1. The SMILES string of the molecule is CC(C)NCc1ccc(Oc2cc(Cl)c(Br)cc2Cl)cc1. The quantitative estimate of drug-likeness (QED) is 0.629. The predicted molar refractivity (Wildman–Crippen MR) is 92.7 cm³/mol. The van der Waals surface area contributed by atoms with Crippen LogP contribution < -0.4 is 10.1 Å². The molecule has 2 aromatic rings. The van der Waals surface area contributed by atoms with E-state index in [-0.39, 0.29) is 0 Å². The van der Waals surface area contributed by atoms with Crippen LogP contribution >= 0.6 is 39.1 Å². The van der Waals surface area contributed by atoms with Crippen molar-refractivity contribution >= 4 is 39.1 Å². The molecule has 2 rings (SSSR count). The van der Waals surface area contributed by atoms with E-state index in [0.717, 1.165) is 16.8 Å². The zero-order valence-corrected chi connectivity index (χ0v) is 14.9. The Labute approximate surface area is 143 Å². The highest BCUT2D eigenvalue weighted by atomic mass is 79.9. The van der Waals surface area contributed by atoms with E-state index in [9.17, 15) is 0 Å². The lowest BCUT2D eigenvalue weighted by molar-refractivity contribution is 0.482. The summed E-state index contributed by atoms with van der Waals surface area (Å²) < 4.78 is 6.51. The molecular weight excluding hydrogens is 373 g/mol. The largest absolute Gasteiger partial charge is 0.456 e. The van der Waals surface area contributed by atoms with Gasteiger partial charge in [-0.25, -0.2) is 0 Å².